The maximum Gasteiger partial charge on any atom is 0.332 e. The molecule has 0 aromatic heterocycles. The van der Waals surface area contributed by atoms with Crippen molar-refractivity contribution >= 4 is 11.9 Å². The van der Waals surface area contributed by atoms with E-state index in [4.69, 9.17) is 15.9 Å². The molecule has 0 saturated carbocycles. The molecule has 0 aromatic carbocycles. The molecule has 5 N–H and O–H groups in total. The van der Waals surface area contributed by atoms with Gasteiger partial charge in [0, 0.05) is 13.0 Å². The monoisotopic (exact) mass is 232 g/mol. The molecule has 6 nitrogen and oxygen atoms in total. The number of rotatable bonds is 7. The molecule has 0 radical (unpaired) electrons. The second-order valence-corrected chi connectivity index (χ2v) is 4.07. The van der Waals surface area contributed by atoms with Gasteiger partial charge in [-0.2, -0.15) is 0 Å². The van der Waals surface area contributed by atoms with Crippen LogP contribution in [-0.2, 0) is 9.59 Å². The fourth-order valence-electron chi connectivity index (χ4n) is 1.28. The zero-order chi connectivity index (χ0) is 12.8. The number of carbonyl (C=O) groups excluding carboxylic acids is 1. The molecule has 0 aliphatic rings. The third kappa shape index (κ3) is 5.09. The number of aliphatic hydroxyl groups excluding tert-OH is 1. The van der Waals surface area contributed by atoms with Crippen LogP contribution < -0.4 is 11.1 Å². The quantitative estimate of drug-likeness (QED) is 0.470. The Morgan fingerprint density at radius 1 is 1.50 bits per heavy atom. The number of aliphatic carboxylic acids is 1. The molecule has 6 heteroatoms. The molecular formula is C10H20N2O4. The van der Waals surface area contributed by atoms with Gasteiger partial charge in [0.05, 0.1) is 5.54 Å². The molecule has 16 heavy (non-hydrogen) atoms. The van der Waals surface area contributed by atoms with Gasteiger partial charge in [0.15, 0.2) is 6.10 Å². The van der Waals surface area contributed by atoms with Gasteiger partial charge in [0.2, 0.25) is 5.91 Å². The third-order valence-electron chi connectivity index (χ3n) is 2.28. The summed E-state index contributed by atoms with van der Waals surface area (Å²) in [6.07, 6.45) is -0.127. The number of hydrogen-bond acceptors (Lipinski definition) is 4. The normalized spacial score (nSPS) is 16.2. The standard InChI is InChI=1S/C10H20N2O4/c1-3-5-10(2,11)9(16)12-6-4-7(13)8(14)15/h7,13H,3-6,11H2,1-2H3,(H,12,16)(H,14,15). The number of hydrogen-bond donors (Lipinski definition) is 4. The van der Waals surface area contributed by atoms with Crippen LogP contribution in [0.5, 0.6) is 0 Å². The number of nitrogens with one attached hydrogen (secondary N) is 1. The minimum absolute atomic E-state index is 0.0245. The van der Waals surface area contributed by atoms with E-state index in [0.717, 1.165) is 6.42 Å². The average molecular weight is 232 g/mol. The number of aliphatic hydroxyl groups is 1. The van der Waals surface area contributed by atoms with Gasteiger partial charge in [-0.25, -0.2) is 4.79 Å². The molecule has 0 aliphatic heterocycles. The van der Waals surface area contributed by atoms with Crippen molar-refractivity contribution in [1.82, 2.24) is 5.32 Å². The Hall–Kier alpha value is -1.14. The molecule has 1 amide bonds. The molecule has 0 bridgehead atoms. The van der Waals surface area contributed by atoms with Gasteiger partial charge in [-0.15, -0.1) is 0 Å². The molecule has 0 heterocycles. The van der Waals surface area contributed by atoms with Gasteiger partial charge in [-0.05, 0) is 13.3 Å². The molecule has 0 rings (SSSR count). The van der Waals surface area contributed by atoms with Crippen LogP contribution in [0.3, 0.4) is 0 Å². The van der Waals surface area contributed by atoms with Crippen LogP contribution >= 0.6 is 0 Å². The van der Waals surface area contributed by atoms with E-state index < -0.39 is 17.6 Å². The highest BCUT2D eigenvalue weighted by Gasteiger charge is 2.26. The summed E-state index contributed by atoms with van der Waals surface area (Å²) in [6, 6.07) is 0. The lowest BCUT2D eigenvalue weighted by Gasteiger charge is -2.22. The smallest absolute Gasteiger partial charge is 0.332 e. The first-order valence-electron chi connectivity index (χ1n) is 5.29. The fraction of sp³-hybridized carbons (Fsp3) is 0.800. The second-order valence-electron chi connectivity index (χ2n) is 4.07. The Morgan fingerprint density at radius 3 is 2.50 bits per heavy atom. The predicted molar refractivity (Wildman–Crippen MR) is 58.8 cm³/mol. The second kappa shape index (κ2) is 6.44. The van der Waals surface area contributed by atoms with Crippen molar-refractivity contribution in [2.75, 3.05) is 6.54 Å². The SMILES string of the molecule is CCCC(C)(N)C(=O)NCCC(O)C(=O)O. The van der Waals surface area contributed by atoms with Crippen molar-refractivity contribution in [1.29, 1.82) is 0 Å². The summed E-state index contributed by atoms with van der Waals surface area (Å²) in [7, 11) is 0. The van der Waals surface area contributed by atoms with E-state index in [1.807, 2.05) is 6.92 Å². The molecule has 94 valence electrons. The Labute approximate surface area is 94.8 Å². The molecule has 0 fully saturated rings. The first-order valence-corrected chi connectivity index (χ1v) is 5.29. The van der Waals surface area contributed by atoms with E-state index in [1.54, 1.807) is 6.92 Å². The summed E-state index contributed by atoms with van der Waals surface area (Å²) in [4.78, 5) is 21.8. The first kappa shape index (κ1) is 14.9. The number of amides is 1. The highest BCUT2D eigenvalue weighted by Crippen LogP contribution is 2.08. The predicted octanol–water partition coefficient (Wildman–Crippen LogP) is -0.544. The van der Waals surface area contributed by atoms with Crippen LogP contribution in [0, 0.1) is 0 Å². The number of nitrogens with two attached hydrogens (primary N) is 1. The average Bonchev–Trinajstić information content (AvgIpc) is 2.16. The Morgan fingerprint density at radius 2 is 2.06 bits per heavy atom. The molecule has 2 unspecified atom stereocenters. The number of carbonyl (C=O) groups is 2. The molecule has 2 atom stereocenters. The van der Waals surface area contributed by atoms with E-state index in [1.165, 1.54) is 0 Å². The van der Waals surface area contributed by atoms with E-state index >= 15 is 0 Å². The molecule has 0 spiro atoms. The summed E-state index contributed by atoms with van der Waals surface area (Å²) in [6.45, 7) is 3.65. The van der Waals surface area contributed by atoms with Crippen LogP contribution in [0.2, 0.25) is 0 Å². The Balaban J connectivity index is 3.94. The summed E-state index contributed by atoms with van der Waals surface area (Å²) in [5, 5.41) is 19.9. The fourth-order valence-corrected chi connectivity index (χ4v) is 1.28. The van der Waals surface area contributed by atoms with Crippen LogP contribution in [0.4, 0.5) is 0 Å². The van der Waals surface area contributed by atoms with Gasteiger partial charge >= 0.3 is 5.97 Å². The van der Waals surface area contributed by atoms with Gasteiger partial charge in [-0.1, -0.05) is 13.3 Å². The zero-order valence-corrected chi connectivity index (χ0v) is 9.69. The van der Waals surface area contributed by atoms with E-state index in [9.17, 15) is 9.59 Å². The van der Waals surface area contributed by atoms with Crippen molar-refractivity contribution in [3.8, 4) is 0 Å². The van der Waals surface area contributed by atoms with Crippen molar-refractivity contribution in [2.24, 2.45) is 5.73 Å². The number of carboxylic acid groups (broad SMARTS) is 1. The highest BCUT2D eigenvalue weighted by atomic mass is 16.4. The van der Waals surface area contributed by atoms with Crippen LogP contribution in [0.25, 0.3) is 0 Å². The summed E-state index contributed by atoms with van der Waals surface area (Å²) < 4.78 is 0. The van der Waals surface area contributed by atoms with E-state index in [-0.39, 0.29) is 18.9 Å². The lowest BCUT2D eigenvalue weighted by molar-refractivity contribution is -0.147. The topological polar surface area (TPSA) is 113 Å². The van der Waals surface area contributed by atoms with Crippen LogP contribution in [0.1, 0.15) is 33.1 Å². The number of carboxylic acids is 1. The van der Waals surface area contributed by atoms with Gasteiger partial charge < -0.3 is 21.3 Å². The first-order chi connectivity index (χ1) is 7.31. The largest absolute Gasteiger partial charge is 0.479 e. The summed E-state index contributed by atoms with van der Waals surface area (Å²) >= 11 is 0. The summed E-state index contributed by atoms with van der Waals surface area (Å²) in [5.41, 5.74) is 4.82. The van der Waals surface area contributed by atoms with Gasteiger partial charge in [0.25, 0.3) is 0 Å². The summed E-state index contributed by atoms with van der Waals surface area (Å²) in [5.74, 6) is -1.62. The van der Waals surface area contributed by atoms with Crippen LogP contribution in [-0.4, -0.2) is 40.3 Å². The van der Waals surface area contributed by atoms with Gasteiger partial charge in [0.1, 0.15) is 0 Å². The molecule has 0 saturated heterocycles. The Bertz CT molecular complexity index is 253. The lowest BCUT2D eigenvalue weighted by Crippen LogP contribution is -2.52. The molecular weight excluding hydrogens is 212 g/mol. The maximum absolute atomic E-state index is 11.5. The van der Waals surface area contributed by atoms with Crippen molar-refractivity contribution in [2.45, 2.75) is 44.8 Å². The lowest BCUT2D eigenvalue weighted by atomic mass is 9.96. The minimum atomic E-state index is -1.45. The van der Waals surface area contributed by atoms with E-state index in [0.29, 0.717) is 6.42 Å². The maximum atomic E-state index is 11.5. The van der Waals surface area contributed by atoms with E-state index in [2.05, 4.69) is 5.32 Å². The van der Waals surface area contributed by atoms with Gasteiger partial charge in [-0.3, -0.25) is 4.79 Å². The molecule has 0 aromatic rings. The van der Waals surface area contributed by atoms with Crippen LogP contribution in [0.15, 0.2) is 0 Å². The highest BCUT2D eigenvalue weighted by molar-refractivity contribution is 5.85. The third-order valence-corrected chi connectivity index (χ3v) is 2.28. The minimum Gasteiger partial charge on any atom is -0.479 e. The van der Waals surface area contributed by atoms with Crippen molar-refractivity contribution < 1.29 is 19.8 Å². The molecule has 0 aliphatic carbocycles. The van der Waals surface area contributed by atoms with Crippen molar-refractivity contribution in [3.05, 3.63) is 0 Å². The zero-order valence-electron chi connectivity index (χ0n) is 9.69. The Kier molecular flexibility index (Phi) is 5.98. The van der Waals surface area contributed by atoms with Crippen molar-refractivity contribution in [3.63, 3.8) is 0 Å².